The molecule has 168 valence electrons. The van der Waals surface area contributed by atoms with Gasteiger partial charge in [0.1, 0.15) is 5.76 Å². The first-order valence-corrected chi connectivity index (χ1v) is 11.3. The Balaban J connectivity index is 0.00000320. The van der Waals surface area contributed by atoms with E-state index in [9.17, 15) is 0 Å². The third-order valence-corrected chi connectivity index (χ3v) is 6.02. The molecule has 3 rings (SSSR count). The number of thiazole rings is 1. The molecular weight excluding hydrogens is 513 g/mol. The molecule has 1 N–H and O–H groups in total. The number of nitrogens with one attached hydrogen (secondary N) is 1. The molecule has 0 bridgehead atoms. The smallest absolute Gasteiger partial charge is 0.193 e. The topological polar surface area (TPSA) is 66.1 Å². The van der Waals surface area contributed by atoms with E-state index in [4.69, 9.17) is 14.1 Å². The van der Waals surface area contributed by atoms with Gasteiger partial charge in [-0.05, 0) is 18.6 Å². The molecule has 1 saturated heterocycles. The Morgan fingerprint density at radius 2 is 2.23 bits per heavy atom. The number of aromatic nitrogens is 1. The third-order valence-electron chi connectivity index (χ3n) is 5.01. The first-order valence-electron chi connectivity index (χ1n) is 10.4. The number of hydrogen-bond acceptors (Lipinski definition) is 6. The van der Waals surface area contributed by atoms with Gasteiger partial charge in [-0.15, -0.1) is 35.3 Å². The largest absolute Gasteiger partial charge is 0.469 e. The van der Waals surface area contributed by atoms with Crippen LogP contribution >= 0.6 is 35.3 Å². The maximum Gasteiger partial charge on any atom is 0.193 e. The van der Waals surface area contributed by atoms with Crippen LogP contribution in [0.4, 0.5) is 0 Å². The SMILES string of the molecule is CC(CN(C)C(=NCCCN1CCOCC1)NCCc1ccco1)c1nccs1.I. The highest BCUT2D eigenvalue weighted by Gasteiger charge is 2.15. The van der Waals surface area contributed by atoms with Crippen LogP contribution in [0.3, 0.4) is 0 Å². The van der Waals surface area contributed by atoms with Gasteiger partial charge in [0.2, 0.25) is 0 Å². The van der Waals surface area contributed by atoms with E-state index in [2.05, 4.69) is 34.1 Å². The van der Waals surface area contributed by atoms with Crippen molar-refractivity contribution in [3.63, 3.8) is 0 Å². The normalized spacial score (nSPS) is 16.1. The van der Waals surface area contributed by atoms with Crippen molar-refractivity contribution in [3.05, 3.63) is 40.7 Å². The monoisotopic (exact) mass is 547 g/mol. The van der Waals surface area contributed by atoms with Gasteiger partial charge in [0.05, 0.1) is 24.5 Å². The van der Waals surface area contributed by atoms with Crippen LogP contribution in [-0.2, 0) is 11.2 Å². The van der Waals surface area contributed by atoms with Gasteiger partial charge in [0.15, 0.2) is 5.96 Å². The average molecular weight is 548 g/mol. The van der Waals surface area contributed by atoms with Crippen molar-refractivity contribution in [2.75, 3.05) is 59.5 Å². The highest BCUT2D eigenvalue weighted by Crippen LogP contribution is 2.18. The second-order valence-corrected chi connectivity index (χ2v) is 8.35. The fraction of sp³-hybridized carbons (Fsp3) is 0.619. The van der Waals surface area contributed by atoms with E-state index in [1.807, 2.05) is 23.7 Å². The molecule has 3 heterocycles. The number of hydrogen-bond donors (Lipinski definition) is 1. The summed E-state index contributed by atoms with van der Waals surface area (Å²) in [6.07, 6.45) is 5.49. The molecule has 9 heteroatoms. The lowest BCUT2D eigenvalue weighted by Crippen LogP contribution is -2.42. The number of halogens is 1. The predicted octanol–water partition coefficient (Wildman–Crippen LogP) is 3.30. The molecule has 0 aromatic carbocycles. The summed E-state index contributed by atoms with van der Waals surface area (Å²) in [6.45, 7) is 9.54. The third kappa shape index (κ3) is 8.52. The van der Waals surface area contributed by atoms with E-state index >= 15 is 0 Å². The van der Waals surface area contributed by atoms with Gasteiger partial charge in [-0.25, -0.2) is 4.98 Å². The second kappa shape index (κ2) is 14.0. The molecule has 1 atom stereocenters. The Morgan fingerprint density at radius 1 is 1.40 bits per heavy atom. The molecule has 2 aromatic heterocycles. The van der Waals surface area contributed by atoms with Crippen LogP contribution in [0.25, 0.3) is 0 Å². The molecule has 1 fully saturated rings. The summed E-state index contributed by atoms with van der Waals surface area (Å²) in [5.41, 5.74) is 0. The standard InChI is InChI=1S/C21H33N5O2S.HI/c1-18(20-22-9-16-29-20)17-25(2)21(24-8-6-19-5-3-13-28-19)23-7-4-10-26-11-14-27-15-12-26;/h3,5,9,13,16,18H,4,6-8,10-12,14-15,17H2,1-2H3,(H,23,24);1H. The molecule has 1 aliphatic heterocycles. The minimum Gasteiger partial charge on any atom is -0.469 e. The van der Waals surface area contributed by atoms with Crippen molar-refractivity contribution in [3.8, 4) is 0 Å². The Bertz CT molecular complexity index is 705. The second-order valence-electron chi connectivity index (χ2n) is 7.42. The maximum atomic E-state index is 5.44. The summed E-state index contributed by atoms with van der Waals surface area (Å²) in [6, 6.07) is 3.94. The molecule has 0 amide bonds. The average Bonchev–Trinajstić information content (AvgIpc) is 3.44. The zero-order chi connectivity index (χ0) is 20.3. The van der Waals surface area contributed by atoms with Crippen LogP contribution in [0.15, 0.2) is 39.4 Å². The number of ether oxygens (including phenoxy) is 1. The Hall–Kier alpha value is -1.17. The van der Waals surface area contributed by atoms with E-state index in [0.717, 1.165) is 77.0 Å². The van der Waals surface area contributed by atoms with Gasteiger partial charge >= 0.3 is 0 Å². The summed E-state index contributed by atoms with van der Waals surface area (Å²) >= 11 is 1.71. The van der Waals surface area contributed by atoms with Crippen molar-refractivity contribution < 1.29 is 9.15 Å². The van der Waals surface area contributed by atoms with E-state index < -0.39 is 0 Å². The number of furan rings is 1. The van der Waals surface area contributed by atoms with Gasteiger partial charge in [0, 0.05) is 70.2 Å². The summed E-state index contributed by atoms with van der Waals surface area (Å²) in [4.78, 5) is 14.0. The Kier molecular flexibility index (Phi) is 11.7. The molecule has 2 aromatic rings. The van der Waals surface area contributed by atoms with Gasteiger partial charge in [0.25, 0.3) is 0 Å². The molecular formula is C21H34IN5O2S. The van der Waals surface area contributed by atoms with Crippen LogP contribution < -0.4 is 5.32 Å². The van der Waals surface area contributed by atoms with Gasteiger partial charge < -0.3 is 19.4 Å². The van der Waals surface area contributed by atoms with E-state index in [1.165, 1.54) is 5.01 Å². The highest BCUT2D eigenvalue weighted by molar-refractivity contribution is 14.0. The molecule has 0 aliphatic carbocycles. The van der Waals surface area contributed by atoms with Crippen molar-refractivity contribution in [1.29, 1.82) is 0 Å². The lowest BCUT2D eigenvalue weighted by Gasteiger charge is -2.27. The first-order chi connectivity index (χ1) is 14.2. The predicted molar refractivity (Wildman–Crippen MR) is 133 cm³/mol. The Morgan fingerprint density at radius 3 is 2.93 bits per heavy atom. The number of nitrogens with zero attached hydrogens (tertiary/aromatic N) is 4. The lowest BCUT2D eigenvalue weighted by atomic mass is 10.2. The van der Waals surface area contributed by atoms with Crippen molar-refractivity contribution in [2.24, 2.45) is 4.99 Å². The summed E-state index contributed by atoms with van der Waals surface area (Å²) in [5.74, 6) is 2.30. The van der Waals surface area contributed by atoms with Gasteiger partial charge in [-0.1, -0.05) is 6.92 Å². The molecule has 0 radical (unpaired) electrons. The molecule has 7 nitrogen and oxygen atoms in total. The number of morpholine rings is 1. The molecule has 0 spiro atoms. The summed E-state index contributed by atoms with van der Waals surface area (Å²) in [5, 5.41) is 6.71. The van der Waals surface area contributed by atoms with Crippen molar-refractivity contribution >= 4 is 41.3 Å². The quantitative estimate of drug-likeness (QED) is 0.213. The lowest BCUT2D eigenvalue weighted by molar-refractivity contribution is 0.0377. The molecule has 0 saturated carbocycles. The van der Waals surface area contributed by atoms with Crippen LogP contribution in [0, 0.1) is 0 Å². The fourth-order valence-electron chi connectivity index (χ4n) is 3.42. The van der Waals surface area contributed by atoms with E-state index in [-0.39, 0.29) is 24.0 Å². The number of aliphatic imine (C=N–C) groups is 1. The molecule has 1 aliphatic rings. The highest BCUT2D eigenvalue weighted by atomic mass is 127. The van der Waals surface area contributed by atoms with Gasteiger partial charge in [-0.2, -0.15) is 0 Å². The zero-order valence-corrected chi connectivity index (χ0v) is 21.1. The fourth-order valence-corrected chi connectivity index (χ4v) is 4.11. The van der Waals surface area contributed by atoms with E-state index in [1.54, 1.807) is 17.6 Å². The van der Waals surface area contributed by atoms with Crippen LogP contribution in [0.5, 0.6) is 0 Å². The van der Waals surface area contributed by atoms with Crippen LogP contribution in [0.2, 0.25) is 0 Å². The number of likely N-dealkylation sites (N-methyl/N-ethyl adjacent to an activating group) is 1. The summed E-state index contributed by atoms with van der Waals surface area (Å²) < 4.78 is 10.9. The molecule has 30 heavy (non-hydrogen) atoms. The molecule has 1 unspecified atom stereocenters. The minimum atomic E-state index is 0. The zero-order valence-electron chi connectivity index (χ0n) is 18.0. The number of rotatable bonds is 10. The first kappa shape index (κ1) is 25.1. The summed E-state index contributed by atoms with van der Waals surface area (Å²) in [7, 11) is 2.10. The van der Waals surface area contributed by atoms with Crippen LogP contribution in [-0.4, -0.2) is 80.3 Å². The number of guanidine groups is 1. The maximum absolute atomic E-state index is 5.44. The van der Waals surface area contributed by atoms with Crippen molar-refractivity contribution in [1.82, 2.24) is 20.1 Å². The van der Waals surface area contributed by atoms with Crippen LogP contribution in [0.1, 0.15) is 30.0 Å². The van der Waals surface area contributed by atoms with Crippen molar-refractivity contribution in [2.45, 2.75) is 25.7 Å². The van der Waals surface area contributed by atoms with E-state index in [0.29, 0.717) is 5.92 Å². The minimum absolute atomic E-state index is 0. The van der Waals surface area contributed by atoms with Gasteiger partial charge in [-0.3, -0.25) is 9.89 Å². The Labute approximate surface area is 200 Å².